The molecule has 0 aromatic carbocycles. The van der Waals surface area contributed by atoms with E-state index in [2.05, 4.69) is 21.5 Å². The van der Waals surface area contributed by atoms with E-state index in [1.165, 1.54) is 0 Å². The van der Waals surface area contributed by atoms with Gasteiger partial charge in [-0.1, -0.05) is 12.6 Å². The highest BCUT2D eigenvalue weighted by atomic mass is 28.1. The van der Waals surface area contributed by atoms with Crippen molar-refractivity contribution in [2.45, 2.75) is 24.6 Å². The van der Waals surface area contributed by atoms with Gasteiger partial charge in [0, 0.05) is 16.2 Å². The third kappa shape index (κ3) is 1.80. The summed E-state index contributed by atoms with van der Waals surface area (Å²) in [5.74, 6) is 0.191. The van der Waals surface area contributed by atoms with Gasteiger partial charge in [-0.15, -0.1) is 0 Å². The van der Waals surface area contributed by atoms with Crippen LogP contribution in [-0.4, -0.2) is 41.0 Å². The molecule has 2 aromatic heterocycles. The number of hydrogen-bond donors (Lipinski definition) is 3. The van der Waals surface area contributed by atoms with Gasteiger partial charge in [-0.3, -0.25) is 9.78 Å². The summed E-state index contributed by atoms with van der Waals surface area (Å²) < 4.78 is 1.80. The van der Waals surface area contributed by atoms with Crippen LogP contribution in [0.5, 0.6) is 0 Å². The van der Waals surface area contributed by atoms with E-state index in [1.807, 2.05) is 0 Å². The van der Waals surface area contributed by atoms with Crippen molar-refractivity contribution in [1.29, 1.82) is 0 Å². The number of aliphatic hydroxyl groups is 1. The van der Waals surface area contributed by atoms with Crippen LogP contribution in [0.1, 0.15) is 12.5 Å². The fourth-order valence-electron chi connectivity index (χ4n) is 3.04. The predicted molar refractivity (Wildman–Crippen MR) is 79.6 cm³/mol. The third-order valence-corrected chi connectivity index (χ3v) is 4.94. The molecular weight excluding hydrogens is 274 g/mol. The smallest absolute Gasteiger partial charge is 0.280 e. The Hall–Kier alpha value is -1.93. The molecule has 1 saturated carbocycles. The van der Waals surface area contributed by atoms with E-state index < -0.39 is 0 Å². The standard InChI is InChI=1S/C12H17N5O2Si/c1-5-6(3-20)8(18)2-7(5)17-4-14-9-10(17)15-12(13)16-11(9)19/h4,6-8,18H,1-3H2,20H3,(H3,13,15,16,19)/t6-,7?,8-/m0/s1. The number of aromatic amines is 1. The minimum Gasteiger partial charge on any atom is -0.392 e. The monoisotopic (exact) mass is 291 g/mol. The van der Waals surface area contributed by atoms with Gasteiger partial charge in [0.15, 0.2) is 11.2 Å². The number of hydrogen-bond acceptors (Lipinski definition) is 5. The van der Waals surface area contributed by atoms with Crippen molar-refractivity contribution in [2.24, 2.45) is 5.92 Å². The van der Waals surface area contributed by atoms with Crippen LogP contribution in [0.4, 0.5) is 5.95 Å². The molecule has 0 amide bonds. The van der Waals surface area contributed by atoms with Crippen LogP contribution in [0.3, 0.4) is 0 Å². The molecule has 3 rings (SSSR count). The normalized spacial score (nSPS) is 26.6. The largest absolute Gasteiger partial charge is 0.392 e. The van der Waals surface area contributed by atoms with Gasteiger partial charge >= 0.3 is 0 Å². The van der Waals surface area contributed by atoms with Crippen LogP contribution in [0.15, 0.2) is 23.3 Å². The van der Waals surface area contributed by atoms with Gasteiger partial charge in [-0.05, 0) is 12.0 Å². The van der Waals surface area contributed by atoms with Crippen LogP contribution in [0, 0.1) is 5.92 Å². The summed E-state index contributed by atoms with van der Waals surface area (Å²) in [7, 11) is 1.01. The van der Waals surface area contributed by atoms with E-state index in [-0.39, 0.29) is 35.1 Å². The summed E-state index contributed by atoms with van der Waals surface area (Å²) in [4.78, 5) is 22.5. The Kier molecular flexibility index (Phi) is 2.98. The minimum atomic E-state index is -0.387. The molecule has 1 unspecified atom stereocenters. The van der Waals surface area contributed by atoms with E-state index in [4.69, 9.17) is 5.73 Å². The number of aromatic nitrogens is 4. The maximum absolute atomic E-state index is 11.8. The quantitative estimate of drug-likeness (QED) is 0.484. The minimum absolute atomic E-state index is 0.0628. The van der Waals surface area contributed by atoms with Crippen molar-refractivity contribution in [2.75, 3.05) is 5.73 Å². The topological polar surface area (TPSA) is 110 Å². The number of nitrogens with one attached hydrogen (secondary N) is 1. The number of nitrogens with zero attached hydrogens (tertiary/aromatic N) is 3. The molecule has 0 saturated heterocycles. The number of anilines is 1. The SMILES string of the molecule is C=C1C(n2cnc3c(=O)[nH]c(N)nc32)C[C@H](O)[C@H]1C[SiH3]. The summed E-state index contributed by atoms with van der Waals surface area (Å²) in [6.07, 6.45) is 1.76. The highest BCUT2D eigenvalue weighted by Gasteiger charge is 2.37. The Labute approximate surface area is 118 Å². The van der Waals surface area contributed by atoms with E-state index in [1.54, 1.807) is 10.9 Å². The molecule has 7 nitrogen and oxygen atoms in total. The van der Waals surface area contributed by atoms with Crippen molar-refractivity contribution in [3.8, 4) is 0 Å². The maximum atomic E-state index is 11.8. The van der Waals surface area contributed by atoms with Crippen molar-refractivity contribution < 1.29 is 5.11 Å². The molecule has 8 heteroatoms. The number of nitrogens with two attached hydrogens (primary N) is 1. The molecule has 1 aliphatic carbocycles. The van der Waals surface area contributed by atoms with Crippen LogP contribution >= 0.6 is 0 Å². The molecule has 0 bridgehead atoms. The summed E-state index contributed by atoms with van der Waals surface area (Å²) in [5.41, 5.74) is 6.92. The Morgan fingerprint density at radius 3 is 3.05 bits per heavy atom. The second-order valence-electron chi connectivity index (χ2n) is 5.18. The maximum Gasteiger partial charge on any atom is 0.280 e. The fourth-order valence-corrected chi connectivity index (χ4v) is 4.10. The molecule has 0 spiro atoms. The number of fused-ring (bicyclic) bond motifs is 1. The number of aliphatic hydroxyl groups excluding tert-OH is 1. The van der Waals surface area contributed by atoms with Crippen LogP contribution in [0.25, 0.3) is 11.2 Å². The summed E-state index contributed by atoms with van der Waals surface area (Å²) in [5, 5.41) is 10.1. The Balaban J connectivity index is 2.12. The van der Waals surface area contributed by atoms with Gasteiger partial charge in [-0.25, -0.2) is 4.98 Å². The molecule has 4 N–H and O–H groups in total. The lowest BCUT2D eigenvalue weighted by atomic mass is 10.0. The zero-order chi connectivity index (χ0) is 14.4. The third-order valence-electron chi connectivity index (χ3n) is 4.06. The lowest BCUT2D eigenvalue weighted by molar-refractivity contribution is 0.145. The van der Waals surface area contributed by atoms with Gasteiger partial charge in [-0.2, -0.15) is 4.98 Å². The van der Waals surface area contributed by atoms with E-state index in [0.29, 0.717) is 12.1 Å². The van der Waals surface area contributed by atoms with E-state index >= 15 is 0 Å². The van der Waals surface area contributed by atoms with Crippen LogP contribution < -0.4 is 11.3 Å². The number of imidazole rings is 1. The van der Waals surface area contributed by atoms with Crippen molar-refractivity contribution >= 4 is 27.4 Å². The van der Waals surface area contributed by atoms with Gasteiger partial charge in [0.25, 0.3) is 5.56 Å². The second-order valence-corrected chi connectivity index (χ2v) is 6.00. The average Bonchev–Trinajstić information content (AvgIpc) is 2.91. The molecule has 106 valence electrons. The van der Waals surface area contributed by atoms with Gasteiger partial charge in [0.2, 0.25) is 5.95 Å². The zero-order valence-electron chi connectivity index (χ0n) is 11.2. The van der Waals surface area contributed by atoms with E-state index in [9.17, 15) is 9.90 Å². The Bertz CT molecular complexity index is 737. The summed E-state index contributed by atoms with van der Waals surface area (Å²) in [6, 6.07) is 0.891. The first kappa shape index (κ1) is 13.1. The fraction of sp³-hybridized carbons (Fsp3) is 0.417. The summed E-state index contributed by atoms with van der Waals surface area (Å²) >= 11 is 0. The van der Waals surface area contributed by atoms with Crippen molar-refractivity contribution in [3.05, 3.63) is 28.8 Å². The highest BCUT2D eigenvalue weighted by Crippen LogP contribution is 2.41. The Morgan fingerprint density at radius 2 is 2.40 bits per heavy atom. The lowest BCUT2D eigenvalue weighted by Crippen LogP contribution is -2.14. The predicted octanol–water partition coefficient (Wildman–Crippen LogP) is -1.04. The van der Waals surface area contributed by atoms with E-state index in [0.717, 1.165) is 21.9 Å². The van der Waals surface area contributed by atoms with Crippen LogP contribution in [0.2, 0.25) is 6.04 Å². The second kappa shape index (κ2) is 4.56. The Morgan fingerprint density at radius 1 is 1.65 bits per heavy atom. The summed E-state index contributed by atoms with van der Waals surface area (Å²) in [6.45, 7) is 4.11. The first-order chi connectivity index (χ1) is 9.52. The molecule has 3 atom stereocenters. The van der Waals surface area contributed by atoms with Crippen molar-refractivity contribution in [3.63, 3.8) is 0 Å². The molecule has 2 heterocycles. The molecule has 2 aromatic rings. The van der Waals surface area contributed by atoms with Gasteiger partial charge < -0.3 is 15.4 Å². The lowest BCUT2D eigenvalue weighted by Gasteiger charge is -2.16. The number of rotatable bonds is 2. The molecule has 0 radical (unpaired) electrons. The first-order valence-corrected chi connectivity index (χ1v) is 8.03. The first-order valence-electron chi connectivity index (χ1n) is 6.62. The van der Waals surface area contributed by atoms with Crippen LogP contribution in [-0.2, 0) is 0 Å². The molecule has 20 heavy (non-hydrogen) atoms. The van der Waals surface area contributed by atoms with Crippen molar-refractivity contribution in [1.82, 2.24) is 19.5 Å². The number of nitrogen functional groups attached to an aromatic ring is 1. The average molecular weight is 291 g/mol. The molecule has 1 fully saturated rings. The highest BCUT2D eigenvalue weighted by molar-refractivity contribution is 6.08. The molecule has 1 aliphatic rings. The van der Waals surface area contributed by atoms with Gasteiger partial charge in [0.1, 0.15) is 0 Å². The van der Waals surface area contributed by atoms with Gasteiger partial charge in [0.05, 0.1) is 18.5 Å². The number of H-pyrrole nitrogens is 1. The molecular formula is C12H17N5O2Si. The zero-order valence-corrected chi connectivity index (χ0v) is 13.2. The molecule has 0 aliphatic heterocycles.